The van der Waals surface area contributed by atoms with Crippen LogP contribution in [0.5, 0.6) is 0 Å². The zero-order valence-electron chi connectivity index (χ0n) is 14.7. The molecule has 2 aromatic carbocycles. The summed E-state index contributed by atoms with van der Waals surface area (Å²) >= 11 is 0. The van der Waals surface area contributed by atoms with Crippen molar-refractivity contribution in [3.8, 4) is 0 Å². The number of ether oxygens (including phenoxy) is 1. The average Bonchev–Trinajstić information content (AvgIpc) is 2.66. The van der Waals surface area contributed by atoms with E-state index in [1.54, 1.807) is 12.1 Å². The molecule has 0 spiro atoms. The first-order chi connectivity index (χ1) is 12.1. The molecule has 2 aromatic rings. The van der Waals surface area contributed by atoms with Gasteiger partial charge in [0.25, 0.3) is 0 Å². The molecule has 0 bridgehead atoms. The van der Waals surface area contributed by atoms with Crippen LogP contribution in [0.1, 0.15) is 28.4 Å². The number of likely N-dealkylation sites (N-methyl/N-ethyl adjacent to an activating group) is 1. The van der Waals surface area contributed by atoms with Gasteiger partial charge in [-0.05, 0) is 29.8 Å². The Bertz CT molecular complexity index is 684. The first-order valence-electron chi connectivity index (χ1n) is 8.32. The van der Waals surface area contributed by atoms with E-state index in [1.165, 1.54) is 12.7 Å². The fourth-order valence-corrected chi connectivity index (χ4v) is 2.46. The molecule has 0 fully saturated rings. The van der Waals surface area contributed by atoms with E-state index in [-0.39, 0.29) is 11.9 Å². The quantitative estimate of drug-likeness (QED) is 0.751. The molecule has 0 aliphatic rings. The number of carbonyl (C=O) groups is 2. The highest BCUT2D eigenvalue weighted by Gasteiger charge is 2.10. The van der Waals surface area contributed by atoms with Gasteiger partial charge in [-0.25, -0.2) is 4.79 Å². The fourth-order valence-electron chi connectivity index (χ4n) is 2.46. The van der Waals surface area contributed by atoms with Gasteiger partial charge < -0.3 is 10.1 Å². The summed E-state index contributed by atoms with van der Waals surface area (Å²) in [5.74, 6) is -0.384. The van der Waals surface area contributed by atoms with Gasteiger partial charge in [0.2, 0.25) is 5.91 Å². The molecule has 1 amide bonds. The van der Waals surface area contributed by atoms with Gasteiger partial charge in [0, 0.05) is 13.1 Å². The van der Waals surface area contributed by atoms with E-state index in [9.17, 15) is 9.59 Å². The lowest BCUT2D eigenvalue weighted by molar-refractivity contribution is -0.122. The minimum absolute atomic E-state index is 0.0187. The van der Waals surface area contributed by atoms with Crippen LogP contribution in [0.2, 0.25) is 0 Å². The summed E-state index contributed by atoms with van der Waals surface area (Å²) in [7, 11) is 1.35. The minimum atomic E-state index is -0.366. The van der Waals surface area contributed by atoms with Crippen molar-refractivity contribution in [2.24, 2.45) is 0 Å². The predicted octanol–water partition coefficient (Wildman–Crippen LogP) is 2.61. The normalized spacial score (nSPS) is 10.5. The van der Waals surface area contributed by atoms with Crippen LogP contribution in [0.25, 0.3) is 0 Å². The summed E-state index contributed by atoms with van der Waals surface area (Å²) in [6.07, 6.45) is 0. The molecule has 0 unspecified atom stereocenters. The maximum absolute atomic E-state index is 12.2. The van der Waals surface area contributed by atoms with Crippen LogP contribution in [-0.4, -0.2) is 37.0 Å². The Balaban J connectivity index is 1.81. The van der Waals surface area contributed by atoms with Crippen molar-refractivity contribution in [1.82, 2.24) is 10.2 Å². The highest BCUT2D eigenvalue weighted by atomic mass is 16.5. The van der Waals surface area contributed by atoms with Crippen LogP contribution >= 0.6 is 0 Å². The van der Waals surface area contributed by atoms with Crippen molar-refractivity contribution < 1.29 is 14.3 Å². The zero-order valence-corrected chi connectivity index (χ0v) is 14.7. The molecule has 0 atom stereocenters. The van der Waals surface area contributed by atoms with Gasteiger partial charge in [-0.15, -0.1) is 0 Å². The van der Waals surface area contributed by atoms with Crippen molar-refractivity contribution in [2.75, 3.05) is 20.2 Å². The second kappa shape index (κ2) is 9.59. The summed E-state index contributed by atoms with van der Waals surface area (Å²) in [6.45, 7) is 4.38. The molecule has 132 valence electrons. The van der Waals surface area contributed by atoms with Crippen molar-refractivity contribution in [1.29, 1.82) is 0 Å². The molecule has 0 heterocycles. The number of nitrogens with zero attached hydrogens (tertiary/aromatic N) is 1. The van der Waals surface area contributed by atoms with Crippen molar-refractivity contribution >= 4 is 11.9 Å². The van der Waals surface area contributed by atoms with Gasteiger partial charge in [-0.2, -0.15) is 0 Å². The van der Waals surface area contributed by atoms with Gasteiger partial charge in [-0.3, -0.25) is 9.69 Å². The minimum Gasteiger partial charge on any atom is -0.465 e. The third kappa shape index (κ3) is 6.04. The average molecular weight is 340 g/mol. The van der Waals surface area contributed by atoms with E-state index in [4.69, 9.17) is 0 Å². The standard InChI is InChI=1S/C20H24N2O3/c1-3-22(14-17-7-5-4-6-8-17)15-19(23)21-13-16-9-11-18(12-10-16)20(24)25-2/h4-12H,3,13-15H2,1-2H3,(H,21,23). The zero-order chi connectivity index (χ0) is 18.1. The Morgan fingerprint density at radius 3 is 2.28 bits per heavy atom. The summed E-state index contributed by atoms with van der Waals surface area (Å²) in [5.41, 5.74) is 2.63. The monoisotopic (exact) mass is 340 g/mol. The number of hydrogen-bond acceptors (Lipinski definition) is 4. The van der Waals surface area contributed by atoms with Gasteiger partial charge in [-0.1, -0.05) is 49.4 Å². The lowest BCUT2D eigenvalue weighted by Gasteiger charge is -2.20. The molecule has 0 aliphatic carbocycles. The predicted molar refractivity (Wildman–Crippen MR) is 97.0 cm³/mol. The highest BCUT2D eigenvalue weighted by molar-refractivity contribution is 5.89. The molecule has 0 saturated carbocycles. The third-order valence-electron chi connectivity index (χ3n) is 3.93. The maximum atomic E-state index is 12.2. The van der Waals surface area contributed by atoms with Gasteiger partial charge in [0.1, 0.15) is 0 Å². The van der Waals surface area contributed by atoms with Crippen molar-refractivity contribution in [3.05, 3.63) is 71.3 Å². The van der Waals surface area contributed by atoms with E-state index in [0.717, 1.165) is 18.7 Å². The topological polar surface area (TPSA) is 58.6 Å². The summed E-state index contributed by atoms with van der Waals surface area (Å²) in [5, 5.41) is 2.92. The molecular formula is C20H24N2O3. The van der Waals surface area contributed by atoms with E-state index in [1.807, 2.05) is 37.3 Å². The number of amides is 1. The lowest BCUT2D eigenvalue weighted by atomic mass is 10.1. The number of rotatable bonds is 8. The van der Waals surface area contributed by atoms with E-state index >= 15 is 0 Å². The number of nitrogens with one attached hydrogen (secondary N) is 1. The van der Waals surface area contributed by atoms with Crippen molar-refractivity contribution in [2.45, 2.75) is 20.0 Å². The number of benzene rings is 2. The summed E-state index contributed by atoms with van der Waals surface area (Å²) in [4.78, 5) is 25.7. The second-order valence-electron chi connectivity index (χ2n) is 5.75. The molecule has 5 nitrogen and oxygen atoms in total. The Labute approximate surface area is 148 Å². The Morgan fingerprint density at radius 2 is 1.68 bits per heavy atom. The molecule has 0 aromatic heterocycles. The fraction of sp³-hybridized carbons (Fsp3) is 0.300. The maximum Gasteiger partial charge on any atom is 0.337 e. The number of esters is 1. The first kappa shape index (κ1) is 18.7. The highest BCUT2D eigenvalue weighted by Crippen LogP contribution is 2.06. The Hall–Kier alpha value is -2.66. The molecule has 1 N–H and O–H groups in total. The molecule has 5 heteroatoms. The molecule has 2 rings (SSSR count). The van der Waals surface area contributed by atoms with E-state index in [2.05, 4.69) is 27.1 Å². The smallest absolute Gasteiger partial charge is 0.337 e. The van der Waals surface area contributed by atoms with Gasteiger partial charge in [0.15, 0.2) is 0 Å². The number of methoxy groups -OCH3 is 1. The summed E-state index contributed by atoms with van der Waals surface area (Å²) < 4.78 is 4.67. The SMILES string of the molecule is CCN(CC(=O)NCc1ccc(C(=O)OC)cc1)Cc1ccccc1. The first-order valence-corrected chi connectivity index (χ1v) is 8.32. The molecule has 0 saturated heterocycles. The molecule has 25 heavy (non-hydrogen) atoms. The third-order valence-corrected chi connectivity index (χ3v) is 3.93. The molecule has 0 aliphatic heterocycles. The largest absolute Gasteiger partial charge is 0.465 e. The second-order valence-corrected chi connectivity index (χ2v) is 5.75. The summed E-state index contributed by atoms with van der Waals surface area (Å²) in [6, 6.07) is 17.1. The van der Waals surface area contributed by atoms with Crippen LogP contribution in [0.3, 0.4) is 0 Å². The van der Waals surface area contributed by atoms with E-state index < -0.39 is 0 Å². The van der Waals surface area contributed by atoms with Crippen LogP contribution in [0.4, 0.5) is 0 Å². The van der Waals surface area contributed by atoms with Crippen LogP contribution < -0.4 is 5.32 Å². The van der Waals surface area contributed by atoms with E-state index in [0.29, 0.717) is 18.7 Å². The van der Waals surface area contributed by atoms with Crippen LogP contribution in [0.15, 0.2) is 54.6 Å². The number of hydrogen-bond donors (Lipinski definition) is 1. The Kier molecular flexibility index (Phi) is 7.16. The van der Waals surface area contributed by atoms with Crippen LogP contribution in [-0.2, 0) is 22.6 Å². The molecular weight excluding hydrogens is 316 g/mol. The van der Waals surface area contributed by atoms with Crippen molar-refractivity contribution in [3.63, 3.8) is 0 Å². The Morgan fingerprint density at radius 1 is 1.00 bits per heavy atom. The molecule has 0 radical (unpaired) electrons. The van der Waals surface area contributed by atoms with Crippen LogP contribution in [0, 0.1) is 0 Å². The lowest BCUT2D eigenvalue weighted by Crippen LogP contribution is -2.36. The number of carbonyl (C=O) groups excluding carboxylic acids is 2. The van der Waals surface area contributed by atoms with Gasteiger partial charge in [0.05, 0.1) is 19.2 Å². The van der Waals surface area contributed by atoms with Gasteiger partial charge >= 0.3 is 5.97 Å².